The fourth-order valence-electron chi connectivity index (χ4n) is 3.16. The Kier molecular flexibility index (Phi) is 33.8. The number of unbranched alkanes of at least 4 members (excludes halogenated alkanes) is 16. The second kappa shape index (κ2) is 29.6. The second-order valence-corrected chi connectivity index (χ2v) is 7.90. The molecule has 0 amide bonds. The van der Waals surface area contributed by atoms with Crippen LogP contribution in [0.4, 0.5) is 0 Å². The molecule has 29 heavy (non-hydrogen) atoms. The summed E-state index contributed by atoms with van der Waals surface area (Å²) in [4.78, 5) is 20.2. The number of hydrogen-bond acceptors (Lipinski definition) is 4. The Morgan fingerprint density at radius 3 is 0.862 bits per heavy atom. The molecule has 0 fully saturated rings. The van der Waals surface area contributed by atoms with E-state index in [-0.39, 0.29) is 29.6 Å². The number of carbonyl (C=O) groups is 2. The monoisotopic (exact) mass is 457 g/mol. The molecule has 0 heterocycles. The smallest absolute Gasteiger partial charge is 0.550 e. The average Bonchev–Trinajstić information content (AvgIpc) is 2.65. The van der Waals surface area contributed by atoms with Crippen LogP contribution in [0.2, 0.25) is 0 Å². The van der Waals surface area contributed by atoms with Gasteiger partial charge in [-0.2, -0.15) is 0 Å². The third-order valence-electron chi connectivity index (χ3n) is 4.97. The van der Waals surface area contributed by atoms with E-state index in [9.17, 15) is 19.8 Å². The van der Waals surface area contributed by atoms with Gasteiger partial charge in [0.1, 0.15) is 0 Å². The topological polar surface area (TPSA) is 80.3 Å². The van der Waals surface area contributed by atoms with Gasteiger partial charge >= 0.3 is 16.8 Å². The van der Waals surface area contributed by atoms with E-state index in [1.165, 1.54) is 89.9 Å². The van der Waals surface area contributed by atoms with Gasteiger partial charge < -0.3 is 19.8 Å². The van der Waals surface area contributed by atoms with Gasteiger partial charge in [0.15, 0.2) is 0 Å². The average molecular weight is 458 g/mol. The first-order valence-corrected chi connectivity index (χ1v) is 11.9. The molecular formula is C24H46CoO4. The molecule has 0 aliphatic heterocycles. The zero-order valence-corrected chi connectivity index (χ0v) is 20.1. The number of carboxylic acid groups (broad SMARTS) is 2. The molecule has 0 saturated heterocycles. The molecule has 0 N–H and O–H groups in total. The van der Waals surface area contributed by atoms with E-state index in [1.807, 2.05) is 0 Å². The molecule has 0 spiro atoms. The number of aliphatic carboxylic acids is 2. The standard InChI is InChI=1S/2C12H24O2.Co/c2*1-2-3-4-5-6-7-8-9-10-11-12(13)14;/h2*2-11H2,1H3,(H,13,14);/q;;+2/p-2. The second-order valence-electron chi connectivity index (χ2n) is 7.90. The van der Waals surface area contributed by atoms with Crippen LogP contribution in [0.1, 0.15) is 142 Å². The van der Waals surface area contributed by atoms with Crippen molar-refractivity contribution in [1.29, 1.82) is 0 Å². The van der Waals surface area contributed by atoms with Gasteiger partial charge in [0.05, 0.1) is 0 Å². The van der Waals surface area contributed by atoms with Crippen LogP contribution in [0.5, 0.6) is 0 Å². The number of hydrogen-bond donors (Lipinski definition) is 0. The van der Waals surface area contributed by atoms with Crippen LogP contribution in [0.15, 0.2) is 0 Å². The van der Waals surface area contributed by atoms with E-state index in [0.29, 0.717) is 0 Å². The zero-order chi connectivity index (χ0) is 21.3. The molecule has 1 radical (unpaired) electrons. The van der Waals surface area contributed by atoms with E-state index in [4.69, 9.17) is 0 Å². The Hall–Kier alpha value is -0.554. The summed E-state index contributed by atoms with van der Waals surface area (Å²) in [6.07, 6.45) is 22.3. The molecule has 0 rings (SSSR count). The molecule has 0 aromatic rings. The summed E-state index contributed by atoms with van der Waals surface area (Å²) in [7, 11) is 0. The minimum absolute atomic E-state index is 0. The van der Waals surface area contributed by atoms with Crippen LogP contribution in [0, 0.1) is 0 Å². The molecule has 0 aliphatic rings. The summed E-state index contributed by atoms with van der Waals surface area (Å²) in [6, 6.07) is 0. The van der Waals surface area contributed by atoms with E-state index in [0.717, 1.165) is 25.7 Å². The largest absolute Gasteiger partial charge is 2.00 e. The fourth-order valence-corrected chi connectivity index (χ4v) is 3.16. The number of rotatable bonds is 20. The van der Waals surface area contributed by atoms with Crippen molar-refractivity contribution in [2.45, 2.75) is 142 Å². The van der Waals surface area contributed by atoms with Crippen molar-refractivity contribution in [2.24, 2.45) is 0 Å². The Bertz CT molecular complexity index is 303. The summed E-state index contributed by atoms with van der Waals surface area (Å²) in [6.45, 7) is 4.44. The maximum absolute atomic E-state index is 10.1. The SMILES string of the molecule is CCCCCCCCCCCC(=O)[O-].CCCCCCCCCCCC(=O)[O-].[Co+2]. The van der Waals surface area contributed by atoms with Gasteiger partial charge in [0.2, 0.25) is 0 Å². The van der Waals surface area contributed by atoms with Crippen molar-refractivity contribution < 1.29 is 36.6 Å². The van der Waals surface area contributed by atoms with Gasteiger partial charge in [-0.05, 0) is 25.7 Å². The Balaban J connectivity index is -0.000000451. The molecule has 0 aliphatic carbocycles. The third kappa shape index (κ3) is 38.6. The molecule has 5 heteroatoms. The van der Waals surface area contributed by atoms with Gasteiger partial charge in [-0.3, -0.25) is 0 Å². The summed E-state index contributed by atoms with van der Waals surface area (Å²) in [5.41, 5.74) is 0. The first kappa shape index (κ1) is 33.1. The Labute approximate surface area is 190 Å². The molecule has 4 nitrogen and oxygen atoms in total. The summed E-state index contributed by atoms with van der Waals surface area (Å²) < 4.78 is 0. The predicted octanol–water partition coefficient (Wildman–Crippen LogP) is 5.31. The van der Waals surface area contributed by atoms with E-state index < -0.39 is 11.9 Å². The van der Waals surface area contributed by atoms with Crippen molar-refractivity contribution in [3.8, 4) is 0 Å². The van der Waals surface area contributed by atoms with Gasteiger partial charge in [-0.1, -0.05) is 117 Å². The first-order valence-electron chi connectivity index (χ1n) is 11.9. The van der Waals surface area contributed by atoms with Crippen molar-refractivity contribution in [1.82, 2.24) is 0 Å². The quantitative estimate of drug-likeness (QED) is 0.232. The fraction of sp³-hybridized carbons (Fsp3) is 0.917. The van der Waals surface area contributed by atoms with E-state index in [1.54, 1.807) is 0 Å². The van der Waals surface area contributed by atoms with Gasteiger partial charge in [0, 0.05) is 11.9 Å². The van der Waals surface area contributed by atoms with Crippen LogP contribution in [0.25, 0.3) is 0 Å². The van der Waals surface area contributed by atoms with E-state index >= 15 is 0 Å². The number of carbonyl (C=O) groups excluding carboxylic acids is 2. The Morgan fingerprint density at radius 1 is 0.448 bits per heavy atom. The Morgan fingerprint density at radius 2 is 0.655 bits per heavy atom. The van der Waals surface area contributed by atoms with Crippen LogP contribution in [-0.2, 0) is 26.4 Å². The van der Waals surface area contributed by atoms with Gasteiger partial charge in [0.25, 0.3) is 0 Å². The zero-order valence-electron chi connectivity index (χ0n) is 19.1. The molecule has 0 aromatic carbocycles. The van der Waals surface area contributed by atoms with Crippen LogP contribution < -0.4 is 10.2 Å². The third-order valence-corrected chi connectivity index (χ3v) is 4.97. The molecule has 0 aromatic heterocycles. The summed E-state index contributed by atoms with van der Waals surface area (Å²) >= 11 is 0. The molecule has 0 saturated carbocycles. The van der Waals surface area contributed by atoms with Gasteiger partial charge in [-0.15, -0.1) is 0 Å². The van der Waals surface area contributed by atoms with Crippen LogP contribution >= 0.6 is 0 Å². The molecular weight excluding hydrogens is 411 g/mol. The van der Waals surface area contributed by atoms with Crippen LogP contribution in [-0.4, -0.2) is 11.9 Å². The number of carboxylic acids is 2. The maximum Gasteiger partial charge on any atom is 2.00 e. The van der Waals surface area contributed by atoms with Crippen molar-refractivity contribution in [2.75, 3.05) is 0 Å². The minimum Gasteiger partial charge on any atom is -0.550 e. The molecule has 0 bridgehead atoms. The summed E-state index contributed by atoms with van der Waals surface area (Å²) in [5, 5.41) is 20.2. The van der Waals surface area contributed by atoms with Crippen molar-refractivity contribution in [3.05, 3.63) is 0 Å². The van der Waals surface area contributed by atoms with Gasteiger partial charge in [-0.25, -0.2) is 0 Å². The maximum atomic E-state index is 10.1. The van der Waals surface area contributed by atoms with Crippen molar-refractivity contribution in [3.63, 3.8) is 0 Å². The predicted molar refractivity (Wildman–Crippen MR) is 114 cm³/mol. The van der Waals surface area contributed by atoms with E-state index in [2.05, 4.69) is 13.8 Å². The van der Waals surface area contributed by atoms with Crippen LogP contribution in [0.3, 0.4) is 0 Å². The summed E-state index contributed by atoms with van der Waals surface area (Å²) in [5.74, 6) is -1.82. The molecule has 0 atom stereocenters. The first-order chi connectivity index (χ1) is 13.5. The molecule has 0 unspecified atom stereocenters. The minimum atomic E-state index is -0.909. The van der Waals surface area contributed by atoms with Crippen molar-refractivity contribution >= 4 is 11.9 Å². The molecule has 175 valence electrons. The normalized spacial score (nSPS) is 10.0.